The van der Waals surface area contributed by atoms with Gasteiger partial charge in [0.05, 0.1) is 5.60 Å². The maximum Gasteiger partial charge on any atom is 0.114 e. The van der Waals surface area contributed by atoms with Gasteiger partial charge in [-0.15, -0.1) is 0 Å². The van der Waals surface area contributed by atoms with E-state index >= 15 is 0 Å². The van der Waals surface area contributed by atoms with Crippen molar-refractivity contribution < 1.29 is 9.47 Å². The molecule has 22 heavy (non-hydrogen) atoms. The Bertz CT molecular complexity index is 654. The fraction of sp³-hybridized carbons (Fsp3) is 0.500. The number of benzene rings is 2. The van der Waals surface area contributed by atoms with Gasteiger partial charge in [-0.1, -0.05) is 49.7 Å². The third-order valence-corrected chi connectivity index (χ3v) is 4.16. The summed E-state index contributed by atoms with van der Waals surface area (Å²) >= 11 is 0. The fourth-order valence-corrected chi connectivity index (χ4v) is 3.21. The van der Waals surface area contributed by atoms with Gasteiger partial charge in [-0.25, -0.2) is 0 Å². The Morgan fingerprint density at radius 1 is 0.909 bits per heavy atom. The van der Waals surface area contributed by atoms with Gasteiger partial charge in [0, 0.05) is 6.61 Å². The van der Waals surface area contributed by atoms with Crippen molar-refractivity contribution in [1.82, 2.24) is 0 Å². The van der Waals surface area contributed by atoms with Crippen molar-refractivity contribution in [3.63, 3.8) is 0 Å². The van der Waals surface area contributed by atoms with Gasteiger partial charge in [-0.2, -0.15) is 0 Å². The SMILES string of the molecule is CCCCOC1c2ccc(c3ccccc23)C1OC(C)(C)C. The zero-order valence-electron chi connectivity index (χ0n) is 14.1. The number of unbranched alkanes of at least 4 members (excludes halogenated alkanes) is 1. The van der Waals surface area contributed by atoms with Crippen LogP contribution >= 0.6 is 0 Å². The zero-order valence-corrected chi connectivity index (χ0v) is 14.1. The molecule has 2 nitrogen and oxygen atoms in total. The van der Waals surface area contributed by atoms with Crippen molar-refractivity contribution in [3.8, 4) is 0 Å². The molecule has 2 atom stereocenters. The summed E-state index contributed by atoms with van der Waals surface area (Å²) in [5.74, 6) is 0. The molecular weight excluding hydrogens is 272 g/mol. The van der Waals surface area contributed by atoms with Crippen molar-refractivity contribution in [2.45, 2.75) is 58.3 Å². The van der Waals surface area contributed by atoms with Gasteiger partial charge in [0.25, 0.3) is 0 Å². The lowest BCUT2D eigenvalue weighted by Gasteiger charge is -2.38. The average Bonchev–Trinajstić information content (AvgIpc) is 2.48. The summed E-state index contributed by atoms with van der Waals surface area (Å²) in [6.45, 7) is 9.31. The van der Waals surface area contributed by atoms with E-state index in [9.17, 15) is 0 Å². The van der Waals surface area contributed by atoms with Crippen molar-refractivity contribution in [2.75, 3.05) is 6.61 Å². The van der Waals surface area contributed by atoms with Crippen LogP contribution in [0, 0.1) is 0 Å². The molecule has 0 radical (unpaired) electrons. The van der Waals surface area contributed by atoms with Crippen LogP contribution in [0.2, 0.25) is 0 Å². The number of fused-ring (bicyclic) bond motifs is 2. The maximum atomic E-state index is 6.38. The Balaban J connectivity index is 2.01. The largest absolute Gasteiger partial charge is 0.370 e. The summed E-state index contributed by atoms with van der Waals surface area (Å²) in [4.78, 5) is 0. The predicted molar refractivity (Wildman–Crippen MR) is 91.1 cm³/mol. The highest BCUT2D eigenvalue weighted by Gasteiger charge is 2.36. The number of hydrogen-bond donors (Lipinski definition) is 0. The molecule has 0 heterocycles. The van der Waals surface area contributed by atoms with E-state index in [0.717, 1.165) is 19.4 Å². The van der Waals surface area contributed by atoms with E-state index in [4.69, 9.17) is 9.47 Å². The normalized spacial score (nSPS) is 20.7. The molecule has 2 aromatic rings. The van der Waals surface area contributed by atoms with Gasteiger partial charge in [0.2, 0.25) is 0 Å². The van der Waals surface area contributed by atoms with Crippen LogP contribution in [0.1, 0.15) is 63.9 Å². The van der Waals surface area contributed by atoms with Gasteiger partial charge >= 0.3 is 0 Å². The molecule has 0 saturated heterocycles. The van der Waals surface area contributed by atoms with E-state index in [1.54, 1.807) is 0 Å². The van der Waals surface area contributed by atoms with Gasteiger partial charge in [0.15, 0.2) is 0 Å². The van der Waals surface area contributed by atoms with E-state index in [2.05, 4.69) is 64.1 Å². The molecule has 0 saturated carbocycles. The topological polar surface area (TPSA) is 18.5 Å². The van der Waals surface area contributed by atoms with E-state index in [-0.39, 0.29) is 17.8 Å². The second-order valence-corrected chi connectivity index (χ2v) is 7.09. The van der Waals surface area contributed by atoms with Gasteiger partial charge in [-0.05, 0) is 49.1 Å². The van der Waals surface area contributed by atoms with Crippen LogP contribution in [0.15, 0.2) is 36.4 Å². The molecule has 0 spiro atoms. The second kappa shape index (κ2) is 6.02. The Hall–Kier alpha value is -1.38. The molecule has 2 aliphatic rings. The fourth-order valence-electron chi connectivity index (χ4n) is 3.21. The molecule has 0 fully saturated rings. The first kappa shape index (κ1) is 15.5. The van der Waals surface area contributed by atoms with Gasteiger partial charge in [-0.3, -0.25) is 0 Å². The minimum absolute atomic E-state index is 0.00763. The first-order valence-electron chi connectivity index (χ1n) is 8.32. The molecule has 4 rings (SSSR count). The molecular formula is C20H26O2. The van der Waals surface area contributed by atoms with Crippen molar-refractivity contribution >= 4 is 10.8 Å². The van der Waals surface area contributed by atoms with Gasteiger partial charge < -0.3 is 9.47 Å². The highest BCUT2D eigenvalue weighted by Crippen LogP contribution is 2.48. The van der Waals surface area contributed by atoms with E-state index in [1.165, 1.54) is 21.9 Å². The van der Waals surface area contributed by atoms with Crippen LogP contribution in [0.5, 0.6) is 0 Å². The summed E-state index contributed by atoms with van der Waals surface area (Å²) in [6.07, 6.45) is 2.25. The average molecular weight is 298 g/mol. The van der Waals surface area contributed by atoms with E-state index < -0.39 is 0 Å². The first-order valence-corrected chi connectivity index (χ1v) is 8.32. The van der Waals surface area contributed by atoms with Crippen LogP contribution in [0.25, 0.3) is 10.8 Å². The zero-order chi connectivity index (χ0) is 15.7. The number of rotatable bonds is 5. The van der Waals surface area contributed by atoms with Gasteiger partial charge in [0.1, 0.15) is 12.2 Å². The molecule has 2 aromatic carbocycles. The molecule has 0 aromatic heterocycles. The standard InChI is InChI=1S/C20H26O2/c1-5-6-13-21-18-16-11-12-17(19(18)22-20(2,3)4)15-10-8-7-9-14(15)16/h7-12,18-19H,5-6,13H2,1-4H3. The summed E-state index contributed by atoms with van der Waals surface area (Å²) in [7, 11) is 0. The molecule has 0 aliphatic heterocycles. The monoisotopic (exact) mass is 298 g/mol. The molecule has 2 unspecified atom stereocenters. The lowest BCUT2D eigenvalue weighted by atomic mass is 9.83. The third kappa shape index (κ3) is 2.90. The minimum Gasteiger partial charge on any atom is -0.370 e. The second-order valence-electron chi connectivity index (χ2n) is 7.09. The smallest absolute Gasteiger partial charge is 0.114 e. The quantitative estimate of drug-likeness (QED) is 0.672. The molecule has 2 bridgehead atoms. The Morgan fingerprint density at radius 2 is 1.50 bits per heavy atom. The summed E-state index contributed by atoms with van der Waals surface area (Å²) < 4.78 is 12.6. The Kier molecular flexibility index (Phi) is 4.24. The highest BCUT2D eigenvalue weighted by molar-refractivity contribution is 5.91. The Morgan fingerprint density at radius 3 is 2.05 bits per heavy atom. The molecule has 0 N–H and O–H groups in total. The van der Waals surface area contributed by atoms with Crippen molar-refractivity contribution in [3.05, 3.63) is 47.5 Å². The maximum absolute atomic E-state index is 6.38. The van der Waals surface area contributed by atoms with Crippen molar-refractivity contribution in [1.29, 1.82) is 0 Å². The predicted octanol–water partition coefficient (Wildman–Crippen LogP) is 5.57. The summed E-state index contributed by atoms with van der Waals surface area (Å²) in [5.41, 5.74) is 2.32. The summed E-state index contributed by atoms with van der Waals surface area (Å²) in [6, 6.07) is 13.0. The highest BCUT2D eigenvalue weighted by atomic mass is 16.6. The molecule has 118 valence electrons. The van der Waals surface area contributed by atoms with Crippen LogP contribution in [0.4, 0.5) is 0 Å². The number of ether oxygens (including phenoxy) is 2. The van der Waals surface area contributed by atoms with Crippen LogP contribution in [0.3, 0.4) is 0 Å². The summed E-state index contributed by atoms with van der Waals surface area (Å²) in [5, 5.41) is 2.60. The molecule has 2 heteroatoms. The van der Waals surface area contributed by atoms with Crippen molar-refractivity contribution in [2.24, 2.45) is 0 Å². The minimum atomic E-state index is -0.190. The Labute approximate surface area is 133 Å². The van der Waals surface area contributed by atoms with E-state index in [1.807, 2.05) is 0 Å². The number of hydrogen-bond acceptors (Lipinski definition) is 2. The van der Waals surface area contributed by atoms with Crippen LogP contribution in [-0.2, 0) is 9.47 Å². The third-order valence-electron chi connectivity index (χ3n) is 4.16. The van der Waals surface area contributed by atoms with Crippen LogP contribution in [-0.4, -0.2) is 12.2 Å². The molecule has 0 amide bonds. The molecule has 2 aliphatic carbocycles. The van der Waals surface area contributed by atoms with E-state index in [0.29, 0.717) is 0 Å². The van der Waals surface area contributed by atoms with Crippen LogP contribution < -0.4 is 0 Å². The lowest BCUT2D eigenvalue weighted by Crippen LogP contribution is -2.30. The first-order chi connectivity index (χ1) is 10.5. The lowest BCUT2D eigenvalue weighted by molar-refractivity contribution is -0.135.